The molecule has 0 fully saturated rings. The Hall–Kier alpha value is -3.10. The van der Waals surface area contributed by atoms with Gasteiger partial charge in [-0.05, 0) is 48.9 Å². The molecule has 0 radical (unpaired) electrons. The summed E-state index contributed by atoms with van der Waals surface area (Å²) in [4.78, 5) is 4.95. The van der Waals surface area contributed by atoms with Crippen molar-refractivity contribution in [3.63, 3.8) is 0 Å². The van der Waals surface area contributed by atoms with E-state index in [4.69, 9.17) is 11.6 Å². The van der Waals surface area contributed by atoms with E-state index in [9.17, 15) is 8.78 Å². The lowest BCUT2D eigenvalue weighted by molar-refractivity contribution is 0.624. The van der Waals surface area contributed by atoms with Crippen LogP contribution in [0, 0.1) is 18.6 Å². The average Bonchev–Trinajstić information content (AvgIpc) is 3.29. The molecule has 9 heteroatoms. The van der Waals surface area contributed by atoms with Gasteiger partial charge in [0.05, 0.1) is 29.7 Å². The van der Waals surface area contributed by atoms with E-state index in [0.717, 1.165) is 16.8 Å². The molecule has 0 N–H and O–H groups in total. The molecule has 0 atom stereocenters. The third kappa shape index (κ3) is 4.50. The Bertz CT molecular complexity index is 1300. The molecule has 0 bridgehead atoms. The summed E-state index contributed by atoms with van der Waals surface area (Å²) in [5.74, 6) is -0.591. The van der Waals surface area contributed by atoms with Crippen LogP contribution in [-0.2, 0) is 6.54 Å². The molecule has 5 nitrogen and oxygen atoms in total. The van der Waals surface area contributed by atoms with Gasteiger partial charge in [0.15, 0.2) is 0 Å². The van der Waals surface area contributed by atoms with Crippen molar-refractivity contribution in [3.8, 4) is 11.3 Å². The van der Waals surface area contributed by atoms with E-state index in [0.29, 0.717) is 27.8 Å². The van der Waals surface area contributed by atoms with Crippen LogP contribution >= 0.6 is 22.9 Å². The molecule has 4 aromatic rings. The number of hydrogen-bond acceptors (Lipinski definition) is 4. The largest absolute Gasteiger partial charge is 0.261 e. The van der Waals surface area contributed by atoms with Gasteiger partial charge in [-0.1, -0.05) is 23.7 Å². The summed E-state index contributed by atoms with van der Waals surface area (Å²) in [7, 11) is 1.69. The number of nitrogens with zero attached hydrogens (tertiary/aromatic N) is 5. The number of rotatable bonds is 5. The molecule has 0 aliphatic rings. The van der Waals surface area contributed by atoms with Crippen LogP contribution in [0.3, 0.4) is 0 Å². The van der Waals surface area contributed by atoms with Gasteiger partial charge in [0.2, 0.25) is 4.80 Å². The molecule has 0 aliphatic heterocycles. The molecule has 0 aliphatic carbocycles. The number of aromatic nitrogens is 3. The lowest BCUT2D eigenvalue weighted by atomic mass is 10.2. The van der Waals surface area contributed by atoms with Crippen LogP contribution < -0.4 is 4.80 Å². The van der Waals surface area contributed by atoms with Crippen molar-refractivity contribution in [2.24, 2.45) is 10.1 Å². The molecular formula is C22H18ClF2N5S. The topological polar surface area (TPSA) is 47.5 Å². The average molecular weight is 458 g/mol. The molecule has 2 heterocycles. The van der Waals surface area contributed by atoms with E-state index in [-0.39, 0.29) is 11.6 Å². The standard InChI is InChI=1S/C22H18ClF2N5S/c1-14-19(21(23)29(28-14)12-15-3-7-17(24)8-4-15)11-27-30-20(13-31-22(30)26-2)16-5-9-18(25)10-6-16/h3-11,13H,12H2,1-2H3/b26-22?,27-11+. The zero-order valence-electron chi connectivity index (χ0n) is 16.8. The summed E-state index contributed by atoms with van der Waals surface area (Å²) in [5.41, 5.74) is 3.88. The Kier molecular flexibility index (Phi) is 6.11. The lowest BCUT2D eigenvalue weighted by Crippen LogP contribution is -2.11. The molecule has 0 unspecified atom stereocenters. The molecule has 0 spiro atoms. The van der Waals surface area contributed by atoms with Crippen LogP contribution in [0.25, 0.3) is 11.3 Å². The number of aryl methyl sites for hydroxylation is 1. The second kappa shape index (κ2) is 8.95. The fourth-order valence-electron chi connectivity index (χ4n) is 3.08. The van der Waals surface area contributed by atoms with Gasteiger partial charge in [0.1, 0.15) is 16.8 Å². The Labute approximate surface area is 186 Å². The highest BCUT2D eigenvalue weighted by atomic mass is 35.5. The van der Waals surface area contributed by atoms with E-state index >= 15 is 0 Å². The molecule has 0 saturated heterocycles. The molecule has 2 aromatic heterocycles. The van der Waals surface area contributed by atoms with Crippen LogP contribution in [0.2, 0.25) is 5.15 Å². The van der Waals surface area contributed by atoms with Crippen LogP contribution in [0.4, 0.5) is 8.78 Å². The van der Waals surface area contributed by atoms with E-state index in [1.165, 1.54) is 35.6 Å². The zero-order valence-corrected chi connectivity index (χ0v) is 18.3. The monoisotopic (exact) mass is 457 g/mol. The van der Waals surface area contributed by atoms with Crippen molar-refractivity contribution in [3.05, 3.63) is 92.3 Å². The summed E-state index contributed by atoms with van der Waals surface area (Å²) < 4.78 is 29.8. The van der Waals surface area contributed by atoms with E-state index in [1.807, 2.05) is 12.3 Å². The molecular weight excluding hydrogens is 440 g/mol. The van der Waals surface area contributed by atoms with Gasteiger partial charge in [-0.3, -0.25) is 4.99 Å². The Balaban J connectivity index is 1.68. The molecule has 31 heavy (non-hydrogen) atoms. The van der Waals surface area contributed by atoms with Gasteiger partial charge in [-0.25, -0.2) is 18.1 Å². The van der Waals surface area contributed by atoms with Crippen molar-refractivity contribution in [2.75, 3.05) is 7.05 Å². The smallest absolute Gasteiger partial charge is 0.205 e. The minimum Gasteiger partial charge on any atom is -0.261 e. The van der Waals surface area contributed by atoms with E-state index in [2.05, 4.69) is 15.2 Å². The second-order valence-corrected chi connectivity index (χ2v) is 7.96. The van der Waals surface area contributed by atoms with Crippen LogP contribution in [0.15, 0.2) is 64.0 Å². The fraction of sp³-hybridized carbons (Fsp3) is 0.136. The Morgan fingerprint density at radius 3 is 2.35 bits per heavy atom. The molecule has 4 rings (SSSR count). The first-order valence-corrected chi connectivity index (χ1v) is 10.6. The predicted octanol–water partition coefficient (Wildman–Crippen LogP) is 5.11. The van der Waals surface area contributed by atoms with Crippen LogP contribution in [-0.4, -0.2) is 27.7 Å². The van der Waals surface area contributed by atoms with Crippen molar-refractivity contribution in [1.29, 1.82) is 0 Å². The molecule has 2 aromatic carbocycles. The van der Waals surface area contributed by atoms with Gasteiger partial charge in [-0.15, -0.1) is 11.3 Å². The van der Waals surface area contributed by atoms with Gasteiger partial charge >= 0.3 is 0 Å². The molecule has 158 valence electrons. The highest BCUT2D eigenvalue weighted by molar-refractivity contribution is 7.07. The first-order valence-electron chi connectivity index (χ1n) is 9.37. The number of hydrogen-bond donors (Lipinski definition) is 0. The summed E-state index contributed by atoms with van der Waals surface area (Å²) in [5, 5.41) is 11.4. The third-order valence-electron chi connectivity index (χ3n) is 4.67. The normalized spacial score (nSPS) is 12.2. The van der Waals surface area contributed by atoms with Crippen molar-refractivity contribution in [1.82, 2.24) is 14.5 Å². The van der Waals surface area contributed by atoms with Gasteiger partial charge in [0.25, 0.3) is 0 Å². The Morgan fingerprint density at radius 2 is 1.71 bits per heavy atom. The first kappa shape index (κ1) is 21.1. The summed E-state index contributed by atoms with van der Waals surface area (Å²) in [6.07, 6.45) is 1.64. The number of benzene rings is 2. The summed E-state index contributed by atoms with van der Waals surface area (Å²) >= 11 is 7.99. The summed E-state index contributed by atoms with van der Waals surface area (Å²) in [6, 6.07) is 12.4. The minimum absolute atomic E-state index is 0.291. The van der Waals surface area contributed by atoms with Gasteiger partial charge < -0.3 is 0 Å². The fourth-order valence-corrected chi connectivity index (χ4v) is 4.17. The number of halogens is 3. The van der Waals surface area contributed by atoms with E-state index < -0.39 is 0 Å². The quantitative estimate of drug-likeness (QED) is 0.384. The molecule has 0 amide bonds. The maximum Gasteiger partial charge on any atom is 0.205 e. The zero-order chi connectivity index (χ0) is 22.0. The SMILES string of the molecule is CN=c1scc(-c2ccc(F)cc2)n1/N=C/c1c(C)nn(Cc2ccc(F)cc2)c1Cl. The van der Waals surface area contributed by atoms with Crippen LogP contribution in [0.5, 0.6) is 0 Å². The maximum atomic E-state index is 13.3. The third-order valence-corrected chi connectivity index (χ3v) is 5.98. The first-order chi connectivity index (χ1) is 15.0. The maximum absolute atomic E-state index is 13.3. The molecule has 0 saturated carbocycles. The van der Waals surface area contributed by atoms with Crippen LogP contribution in [0.1, 0.15) is 16.8 Å². The predicted molar refractivity (Wildman–Crippen MR) is 120 cm³/mol. The highest BCUT2D eigenvalue weighted by Gasteiger charge is 2.13. The highest BCUT2D eigenvalue weighted by Crippen LogP contribution is 2.22. The Morgan fingerprint density at radius 1 is 1.06 bits per heavy atom. The summed E-state index contributed by atoms with van der Waals surface area (Å²) in [6.45, 7) is 2.26. The van der Waals surface area contributed by atoms with Gasteiger partial charge in [-0.2, -0.15) is 10.2 Å². The van der Waals surface area contributed by atoms with Crippen molar-refractivity contribution < 1.29 is 8.78 Å². The lowest BCUT2D eigenvalue weighted by Gasteiger charge is -2.04. The minimum atomic E-state index is -0.301. The van der Waals surface area contributed by atoms with Crippen molar-refractivity contribution >= 4 is 29.2 Å². The van der Waals surface area contributed by atoms with E-state index in [1.54, 1.807) is 46.9 Å². The van der Waals surface area contributed by atoms with Crippen molar-refractivity contribution in [2.45, 2.75) is 13.5 Å². The van der Waals surface area contributed by atoms with Gasteiger partial charge in [0, 0.05) is 18.0 Å². The number of thiazole rings is 1. The second-order valence-electron chi connectivity index (χ2n) is 6.76.